The molecule has 0 unspecified atom stereocenters. The highest BCUT2D eigenvalue weighted by atomic mass is 32.2. The van der Waals surface area contributed by atoms with Crippen molar-refractivity contribution in [2.75, 3.05) is 11.0 Å². The monoisotopic (exact) mass is 396 g/mol. The molecule has 0 saturated carbocycles. The number of aromatic nitrogens is 1. The third kappa shape index (κ3) is 3.68. The van der Waals surface area contributed by atoms with Crippen molar-refractivity contribution in [1.82, 2.24) is 4.98 Å². The molecule has 0 aliphatic heterocycles. The Morgan fingerprint density at radius 3 is 2.36 bits per heavy atom. The summed E-state index contributed by atoms with van der Waals surface area (Å²) in [7, 11) is -7.10. The van der Waals surface area contributed by atoms with Crippen molar-refractivity contribution in [3.8, 4) is 0 Å². The molecule has 132 valence electrons. The Balaban J connectivity index is 1.99. The maximum absolute atomic E-state index is 12.6. The normalized spacial score (nSPS) is 12.4. The molecule has 0 fully saturated rings. The van der Waals surface area contributed by atoms with E-state index < -0.39 is 19.9 Å². The first kappa shape index (κ1) is 17.8. The van der Waals surface area contributed by atoms with Crippen LogP contribution in [0.2, 0.25) is 0 Å². The largest absolute Gasteiger partial charge is 0.263 e. The number of hydrogen-bond donors (Lipinski definition) is 1. The minimum atomic E-state index is -3.77. The summed E-state index contributed by atoms with van der Waals surface area (Å²) in [5.41, 5.74) is 2.16. The van der Waals surface area contributed by atoms with Gasteiger partial charge in [-0.25, -0.2) is 21.8 Å². The molecule has 0 aliphatic rings. The van der Waals surface area contributed by atoms with Gasteiger partial charge in [-0.15, -0.1) is 0 Å². The van der Waals surface area contributed by atoms with E-state index in [4.69, 9.17) is 0 Å². The van der Waals surface area contributed by atoms with Gasteiger partial charge in [0, 0.05) is 6.26 Å². The molecule has 25 heavy (non-hydrogen) atoms. The summed E-state index contributed by atoms with van der Waals surface area (Å²) in [6, 6.07) is 9.61. The molecule has 0 atom stereocenters. The van der Waals surface area contributed by atoms with E-state index in [1.54, 1.807) is 31.2 Å². The number of sulfonamides is 1. The number of nitrogens with one attached hydrogen (secondary N) is 1. The van der Waals surface area contributed by atoms with Gasteiger partial charge in [-0.05, 0) is 43.7 Å². The van der Waals surface area contributed by atoms with Crippen LogP contribution in [-0.4, -0.2) is 28.1 Å². The Hall–Kier alpha value is -1.97. The molecule has 0 aliphatic carbocycles. The maximum Gasteiger partial charge on any atom is 0.263 e. The smallest absolute Gasteiger partial charge is 0.255 e. The summed E-state index contributed by atoms with van der Waals surface area (Å²) >= 11 is 1.09. The molecule has 9 heteroatoms. The molecule has 0 saturated heterocycles. The van der Waals surface area contributed by atoms with Gasteiger partial charge >= 0.3 is 0 Å². The van der Waals surface area contributed by atoms with E-state index in [2.05, 4.69) is 9.71 Å². The van der Waals surface area contributed by atoms with Crippen LogP contribution in [0.4, 0.5) is 5.13 Å². The quantitative estimate of drug-likeness (QED) is 0.731. The molecule has 3 rings (SSSR count). The van der Waals surface area contributed by atoms with Gasteiger partial charge in [0.2, 0.25) is 0 Å². The van der Waals surface area contributed by atoms with Crippen molar-refractivity contribution in [2.45, 2.75) is 23.6 Å². The van der Waals surface area contributed by atoms with E-state index in [9.17, 15) is 16.8 Å². The van der Waals surface area contributed by atoms with Crippen LogP contribution in [0, 0.1) is 13.8 Å². The Bertz CT molecular complexity index is 1180. The van der Waals surface area contributed by atoms with Gasteiger partial charge in [0.15, 0.2) is 15.0 Å². The SMILES string of the molecule is Cc1ccc(S(=O)(=O)Nc2nc3ccc(S(C)(=O)=O)cc3s2)c(C)c1. The van der Waals surface area contributed by atoms with Gasteiger partial charge in [0.05, 0.1) is 20.0 Å². The third-order valence-electron chi connectivity index (χ3n) is 3.63. The van der Waals surface area contributed by atoms with E-state index >= 15 is 0 Å². The number of anilines is 1. The lowest BCUT2D eigenvalue weighted by atomic mass is 10.2. The van der Waals surface area contributed by atoms with Crippen LogP contribution in [0.1, 0.15) is 11.1 Å². The molecule has 2 aromatic carbocycles. The molecular weight excluding hydrogens is 380 g/mol. The average molecular weight is 397 g/mol. The Kier molecular flexibility index (Phi) is 4.34. The summed E-state index contributed by atoms with van der Waals surface area (Å²) in [5, 5.41) is 0.195. The minimum absolute atomic E-state index is 0.174. The van der Waals surface area contributed by atoms with Crippen LogP contribution < -0.4 is 4.72 Å². The number of fused-ring (bicyclic) bond motifs is 1. The van der Waals surface area contributed by atoms with Crippen LogP contribution in [0.5, 0.6) is 0 Å². The van der Waals surface area contributed by atoms with Gasteiger partial charge in [0.1, 0.15) is 0 Å². The predicted octanol–water partition coefficient (Wildman–Crippen LogP) is 3.12. The third-order valence-corrected chi connectivity index (χ3v) is 7.30. The second kappa shape index (κ2) is 6.08. The summed E-state index contributed by atoms with van der Waals surface area (Å²) in [6.45, 7) is 3.63. The zero-order chi connectivity index (χ0) is 18.4. The summed E-state index contributed by atoms with van der Waals surface area (Å²) < 4.78 is 51.5. The molecule has 0 amide bonds. The fourth-order valence-electron chi connectivity index (χ4n) is 2.45. The van der Waals surface area contributed by atoms with Crippen molar-refractivity contribution in [3.63, 3.8) is 0 Å². The van der Waals surface area contributed by atoms with Gasteiger partial charge < -0.3 is 0 Å². The van der Waals surface area contributed by atoms with Gasteiger partial charge in [-0.2, -0.15) is 0 Å². The van der Waals surface area contributed by atoms with Crippen molar-refractivity contribution in [1.29, 1.82) is 0 Å². The molecule has 1 aromatic heterocycles. The molecular formula is C16H16N2O4S3. The van der Waals surface area contributed by atoms with Crippen LogP contribution >= 0.6 is 11.3 Å². The first-order valence-corrected chi connectivity index (χ1v) is 11.5. The Labute approximate surface area is 150 Å². The predicted molar refractivity (Wildman–Crippen MR) is 99.5 cm³/mol. The lowest BCUT2D eigenvalue weighted by Crippen LogP contribution is -2.14. The van der Waals surface area contributed by atoms with Gasteiger partial charge in [-0.3, -0.25) is 4.72 Å². The highest BCUT2D eigenvalue weighted by Gasteiger charge is 2.19. The molecule has 0 radical (unpaired) electrons. The minimum Gasteiger partial charge on any atom is -0.255 e. The molecule has 1 N–H and O–H groups in total. The highest BCUT2D eigenvalue weighted by molar-refractivity contribution is 7.93. The zero-order valence-electron chi connectivity index (χ0n) is 13.8. The van der Waals surface area contributed by atoms with Crippen molar-refractivity contribution < 1.29 is 16.8 Å². The zero-order valence-corrected chi connectivity index (χ0v) is 16.2. The lowest BCUT2D eigenvalue weighted by molar-refractivity contribution is 0.599. The van der Waals surface area contributed by atoms with E-state index in [1.165, 1.54) is 12.1 Å². The lowest BCUT2D eigenvalue weighted by Gasteiger charge is -2.08. The fourth-order valence-corrected chi connectivity index (χ4v) is 5.54. The first-order valence-electron chi connectivity index (χ1n) is 7.27. The van der Waals surface area contributed by atoms with Crippen LogP contribution in [-0.2, 0) is 19.9 Å². The number of rotatable bonds is 4. The standard InChI is InChI=1S/C16H16N2O4S3/c1-10-4-7-15(11(2)8-10)25(21,22)18-16-17-13-6-5-12(24(3,19)20)9-14(13)23-16/h4-9H,1-3H3,(H,17,18). The van der Waals surface area contributed by atoms with Crippen molar-refractivity contribution in [2.24, 2.45) is 0 Å². The molecule has 1 heterocycles. The van der Waals surface area contributed by atoms with Crippen LogP contribution in [0.3, 0.4) is 0 Å². The van der Waals surface area contributed by atoms with E-state index in [1.807, 2.05) is 6.92 Å². The summed E-state index contributed by atoms with van der Waals surface area (Å²) in [6.07, 6.45) is 1.12. The van der Waals surface area contributed by atoms with E-state index in [0.717, 1.165) is 23.2 Å². The number of benzene rings is 2. The van der Waals surface area contributed by atoms with E-state index in [-0.39, 0.29) is 14.9 Å². The highest BCUT2D eigenvalue weighted by Crippen LogP contribution is 2.30. The van der Waals surface area contributed by atoms with Gasteiger partial charge in [-0.1, -0.05) is 29.0 Å². The number of hydrogen-bond acceptors (Lipinski definition) is 6. The second-order valence-corrected chi connectivity index (χ2v) is 10.5. The Morgan fingerprint density at radius 1 is 1.00 bits per heavy atom. The number of thiazole rings is 1. The summed E-state index contributed by atoms with van der Waals surface area (Å²) in [4.78, 5) is 4.59. The Morgan fingerprint density at radius 2 is 1.72 bits per heavy atom. The average Bonchev–Trinajstić information content (AvgIpc) is 2.85. The van der Waals surface area contributed by atoms with Crippen LogP contribution in [0.15, 0.2) is 46.2 Å². The van der Waals surface area contributed by atoms with Crippen molar-refractivity contribution in [3.05, 3.63) is 47.5 Å². The van der Waals surface area contributed by atoms with Crippen LogP contribution in [0.25, 0.3) is 10.2 Å². The molecule has 6 nitrogen and oxygen atoms in total. The van der Waals surface area contributed by atoms with E-state index in [0.29, 0.717) is 15.8 Å². The van der Waals surface area contributed by atoms with Crippen molar-refractivity contribution >= 4 is 46.5 Å². The molecule has 0 bridgehead atoms. The molecule has 3 aromatic rings. The van der Waals surface area contributed by atoms with Gasteiger partial charge in [0.25, 0.3) is 10.0 Å². The number of nitrogens with zero attached hydrogens (tertiary/aromatic N) is 1. The summed E-state index contributed by atoms with van der Waals surface area (Å²) in [5.74, 6) is 0. The fraction of sp³-hybridized carbons (Fsp3) is 0.188. The maximum atomic E-state index is 12.6. The molecule has 0 spiro atoms. The second-order valence-electron chi connectivity index (χ2n) is 5.80. The topological polar surface area (TPSA) is 93.2 Å². The number of sulfone groups is 1. The first-order chi connectivity index (χ1) is 11.6. The number of aryl methyl sites for hydroxylation is 2.